The van der Waals surface area contributed by atoms with Gasteiger partial charge in [-0.15, -0.1) is 0 Å². The molecule has 0 saturated heterocycles. The first kappa shape index (κ1) is 12.7. The van der Waals surface area contributed by atoms with E-state index in [1.807, 2.05) is 0 Å². The quantitative estimate of drug-likeness (QED) is 0.740. The lowest BCUT2D eigenvalue weighted by Crippen LogP contribution is -2.20. The van der Waals surface area contributed by atoms with Crippen LogP contribution in [-0.4, -0.2) is 21.0 Å². The molecule has 3 N–H and O–H groups in total. The molecule has 0 saturated carbocycles. The van der Waals surface area contributed by atoms with Gasteiger partial charge < -0.3 is 10.1 Å². The number of carbonyl (C=O) groups is 1. The van der Waals surface area contributed by atoms with E-state index in [9.17, 15) is 9.59 Å². The van der Waals surface area contributed by atoms with Crippen LogP contribution >= 0.6 is 28.1 Å². The number of hydrogen-bond acceptors (Lipinski definition) is 3. The third kappa shape index (κ3) is 2.27. The van der Waals surface area contributed by atoms with Gasteiger partial charge in [0.25, 0.3) is 5.56 Å². The van der Waals surface area contributed by atoms with Gasteiger partial charge in [0.05, 0.1) is 5.69 Å². The molecule has 0 unspecified atom stereocenters. The summed E-state index contributed by atoms with van der Waals surface area (Å²) in [5, 5.41) is 9.10. The second-order valence-corrected chi connectivity index (χ2v) is 4.71. The number of halogens is 1. The van der Waals surface area contributed by atoms with Crippen LogP contribution in [0.3, 0.4) is 0 Å². The molecule has 0 aliphatic carbocycles. The van der Waals surface area contributed by atoms with E-state index in [0.717, 1.165) is 0 Å². The Morgan fingerprint density at radius 2 is 1.94 bits per heavy atom. The highest BCUT2D eigenvalue weighted by Crippen LogP contribution is 2.27. The van der Waals surface area contributed by atoms with Crippen molar-refractivity contribution < 1.29 is 9.90 Å². The minimum Gasteiger partial charge on any atom is -0.477 e. The van der Waals surface area contributed by atoms with E-state index in [-0.39, 0.29) is 16.0 Å². The number of carboxylic acid groups (broad SMARTS) is 1. The summed E-state index contributed by atoms with van der Waals surface area (Å²) in [7, 11) is 0. The van der Waals surface area contributed by atoms with Crippen molar-refractivity contribution in [1.29, 1.82) is 0 Å². The highest BCUT2D eigenvalue weighted by Gasteiger charge is 2.18. The predicted octanol–water partition coefficient (Wildman–Crippen LogP) is 2.56. The van der Waals surface area contributed by atoms with Gasteiger partial charge in [-0.3, -0.25) is 9.78 Å². The van der Waals surface area contributed by atoms with E-state index in [2.05, 4.69) is 25.9 Å². The third-order valence-electron chi connectivity index (χ3n) is 2.30. The van der Waals surface area contributed by atoms with Gasteiger partial charge >= 0.3 is 5.97 Å². The molecule has 92 valence electrons. The number of aromatic amines is 2. The zero-order valence-electron chi connectivity index (χ0n) is 8.86. The Kier molecular flexibility index (Phi) is 3.44. The van der Waals surface area contributed by atoms with Gasteiger partial charge in [0, 0.05) is 10.0 Å². The summed E-state index contributed by atoms with van der Waals surface area (Å²) >= 11 is 8.16. The molecule has 0 fully saturated rings. The molecule has 0 atom stereocenters. The third-order valence-corrected chi connectivity index (χ3v) is 3.20. The zero-order chi connectivity index (χ0) is 13.3. The molecule has 5 nitrogen and oxygen atoms in total. The van der Waals surface area contributed by atoms with E-state index in [4.69, 9.17) is 17.3 Å². The van der Waals surface area contributed by atoms with Crippen LogP contribution in [0.4, 0.5) is 0 Å². The number of hydrogen-bond donors (Lipinski definition) is 3. The fourth-order valence-corrected chi connectivity index (χ4v) is 2.23. The topological polar surface area (TPSA) is 85.9 Å². The van der Waals surface area contributed by atoms with Crippen molar-refractivity contribution in [1.82, 2.24) is 9.97 Å². The lowest BCUT2D eigenvalue weighted by molar-refractivity contribution is 0.0695. The first-order valence-electron chi connectivity index (χ1n) is 4.85. The summed E-state index contributed by atoms with van der Waals surface area (Å²) in [6.07, 6.45) is 0. The average Bonchev–Trinajstić information content (AvgIpc) is 2.27. The summed E-state index contributed by atoms with van der Waals surface area (Å²) in [6, 6.07) is 6.97. The van der Waals surface area contributed by atoms with Crippen LogP contribution in [0.15, 0.2) is 33.5 Å². The Hall–Kier alpha value is -1.73. The summed E-state index contributed by atoms with van der Waals surface area (Å²) < 4.78 is 0.750. The van der Waals surface area contributed by atoms with Crippen molar-refractivity contribution in [3.05, 3.63) is 49.4 Å². The monoisotopic (exact) mass is 326 g/mol. The van der Waals surface area contributed by atoms with Gasteiger partial charge in [-0.1, -0.05) is 34.1 Å². The Morgan fingerprint density at radius 3 is 2.56 bits per heavy atom. The van der Waals surface area contributed by atoms with Crippen LogP contribution in [0.25, 0.3) is 11.3 Å². The SMILES string of the molecule is O=C(O)c1c(-c2ccccc2Br)[nH]c(=S)[nH]c1=O. The van der Waals surface area contributed by atoms with Crippen molar-refractivity contribution in [2.45, 2.75) is 0 Å². The molecule has 2 rings (SSSR count). The van der Waals surface area contributed by atoms with Crippen LogP contribution in [0.2, 0.25) is 0 Å². The van der Waals surface area contributed by atoms with Gasteiger partial charge in [0.1, 0.15) is 5.56 Å². The van der Waals surface area contributed by atoms with E-state index in [0.29, 0.717) is 10.0 Å². The van der Waals surface area contributed by atoms with Gasteiger partial charge in [-0.25, -0.2) is 4.79 Å². The lowest BCUT2D eigenvalue weighted by Gasteiger charge is -2.07. The minimum atomic E-state index is -1.31. The molecule has 1 aromatic carbocycles. The number of aromatic carboxylic acids is 1. The predicted molar refractivity (Wildman–Crippen MR) is 72.3 cm³/mol. The standard InChI is InChI=1S/C11H7BrN2O3S/c12-6-4-2-1-3-5(6)8-7(10(16)17)9(15)14-11(18)13-8/h1-4H,(H,16,17)(H2,13,14,15,18). The van der Waals surface area contributed by atoms with Crippen molar-refractivity contribution in [2.75, 3.05) is 0 Å². The number of benzene rings is 1. The molecule has 0 amide bonds. The summed E-state index contributed by atoms with van der Waals surface area (Å²) in [5.41, 5.74) is -0.344. The molecule has 0 spiro atoms. The largest absolute Gasteiger partial charge is 0.477 e. The van der Waals surface area contributed by atoms with Crippen LogP contribution < -0.4 is 5.56 Å². The molecular weight excluding hydrogens is 320 g/mol. The fourth-order valence-electron chi connectivity index (χ4n) is 1.56. The van der Waals surface area contributed by atoms with Gasteiger partial charge in [-0.2, -0.15) is 0 Å². The van der Waals surface area contributed by atoms with Gasteiger partial charge in [0.2, 0.25) is 0 Å². The van der Waals surface area contributed by atoms with Crippen molar-refractivity contribution in [3.8, 4) is 11.3 Å². The molecule has 0 radical (unpaired) electrons. The highest BCUT2D eigenvalue weighted by molar-refractivity contribution is 9.10. The van der Waals surface area contributed by atoms with E-state index in [1.165, 1.54) is 0 Å². The molecule has 0 bridgehead atoms. The van der Waals surface area contributed by atoms with Crippen LogP contribution in [-0.2, 0) is 0 Å². The average molecular weight is 327 g/mol. The summed E-state index contributed by atoms with van der Waals surface area (Å²) in [5.74, 6) is -1.31. The molecule has 2 aromatic rings. The molecule has 1 aromatic heterocycles. The summed E-state index contributed by atoms with van der Waals surface area (Å²) in [4.78, 5) is 27.8. The maximum absolute atomic E-state index is 11.6. The first-order chi connectivity index (χ1) is 8.50. The first-order valence-corrected chi connectivity index (χ1v) is 6.05. The van der Waals surface area contributed by atoms with E-state index in [1.54, 1.807) is 24.3 Å². The molecule has 0 aliphatic heterocycles. The lowest BCUT2D eigenvalue weighted by atomic mass is 10.1. The minimum absolute atomic E-state index is 0.0794. The van der Waals surface area contributed by atoms with Crippen LogP contribution in [0.5, 0.6) is 0 Å². The highest BCUT2D eigenvalue weighted by atomic mass is 79.9. The smallest absolute Gasteiger partial charge is 0.343 e. The van der Waals surface area contributed by atoms with Crippen molar-refractivity contribution >= 4 is 34.1 Å². The van der Waals surface area contributed by atoms with Crippen molar-refractivity contribution in [3.63, 3.8) is 0 Å². The molecule has 0 aliphatic rings. The number of nitrogens with one attached hydrogen (secondary N) is 2. The van der Waals surface area contributed by atoms with E-state index >= 15 is 0 Å². The molecule has 7 heteroatoms. The van der Waals surface area contributed by atoms with E-state index < -0.39 is 11.5 Å². The Morgan fingerprint density at radius 1 is 1.28 bits per heavy atom. The normalized spacial score (nSPS) is 10.3. The van der Waals surface area contributed by atoms with Crippen LogP contribution in [0, 0.1) is 4.77 Å². The number of rotatable bonds is 2. The Labute approximate surface area is 115 Å². The number of H-pyrrole nitrogens is 2. The second kappa shape index (κ2) is 4.87. The molecule has 1 heterocycles. The fraction of sp³-hybridized carbons (Fsp3) is 0. The van der Waals surface area contributed by atoms with Crippen molar-refractivity contribution in [2.24, 2.45) is 0 Å². The summed E-state index contributed by atoms with van der Waals surface area (Å²) in [6.45, 7) is 0. The molecular formula is C11H7BrN2O3S. The maximum Gasteiger partial charge on any atom is 0.343 e. The van der Waals surface area contributed by atoms with Gasteiger partial charge in [0.15, 0.2) is 4.77 Å². The van der Waals surface area contributed by atoms with Gasteiger partial charge in [-0.05, 0) is 18.3 Å². The van der Waals surface area contributed by atoms with Crippen LogP contribution in [0.1, 0.15) is 10.4 Å². The number of aromatic nitrogens is 2. The number of carboxylic acids is 1. The Balaban J connectivity index is 2.87. The molecule has 18 heavy (non-hydrogen) atoms. The maximum atomic E-state index is 11.6. The second-order valence-electron chi connectivity index (χ2n) is 3.44. The zero-order valence-corrected chi connectivity index (χ0v) is 11.3. The Bertz CT molecular complexity index is 736.